The van der Waals surface area contributed by atoms with Crippen LogP contribution in [0.2, 0.25) is 5.02 Å². The molecule has 1 aliphatic rings. The highest BCUT2D eigenvalue weighted by molar-refractivity contribution is 7.15. The second-order valence-electron chi connectivity index (χ2n) is 6.90. The fourth-order valence-corrected chi connectivity index (χ4v) is 4.50. The molecule has 4 rings (SSSR count). The van der Waals surface area contributed by atoms with Crippen LogP contribution >= 0.6 is 22.9 Å². The van der Waals surface area contributed by atoms with Crippen LogP contribution in [0.25, 0.3) is 0 Å². The van der Waals surface area contributed by atoms with Gasteiger partial charge in [0.05, 0.1) is 24.1 Å². The van der Waals surface area contributed by atoms with Crippen molar-refractivity contribution in [2.75, 3.05) is 36.0 Å². The summed E-state index contributed by atoms with van der Waals surface area (Å²) in [5.74, 6) is 0. The van der Waals surface area contributed by atoms with Gasteiger partial charge in [-0.25, -0.2) is 9.67 Å². The molecule has 0 spiro atoms. The minimum Gasteiger partial charge on any atom is -0.365 e. The smallest absolute Gasteiger partial charge is 0.287 e. The van der Waals surface area contributed by atoms with Crippen molar-refractivity contribution < 1.29 is 0 Å². The number of nitrogens with zero attached hydrogens (tertiary/aromatic N) is 5. The summed E-state index contributed by atoms with van der Waals surface area (Å²) in [6, 6.07) is 9.78. The molecule has 8 heteroatoms. The number of halogens is 1. The first-order valence-corrected chi connectivity index (χ1v) is 10.5. The van der Waals surface area contributed by atoms with Crippen molar-refractivity contribution in [1.82, 2.24) is 14.8 Å². The Morgan fingerprint density at radius 3 is 2.39 bits per heavy atom. The van der Waals surface area contributed by atoms with Crippen LogP contribution in [0, 0.1) is 13.8 Å². The van der Waals surface area contributed by atoms with E-state index in [9.17, 15) is 4.79 Å². The lowest BCUT2D eigenvalue weighted by molar-refractivity contribution is 0.622. The Hall–Kier alpha value is -2.38. The van der Waals surface area contributed by atoms with Gasteiger partial charge in [0.1, 0.15) is 5.02 Å². The first-order valence-electron chi connectivity index (χ1n) is 9.26. The predicted octanol–water partition coefficient (Wildman–Crippen LogP) is 3.34. The second kappa shape index (κ2) is 7.93. The summed E-state index contributed by atoms with van der Waals surface area (Å²) >= 11 is 8.17. The average molecular weight is 416 g/mol. The van der Waals surface area contributed by atoms with E-state index < -0.39 is 0 Å². The lowest BCUT2D eigenvalue weighted by Gasteiger charge is -2.36. The standard InChI is InChI=1S/C20H22ClN5OS/c1-14-15(2)28-20(23-14)25-10-8-24(9-11-25)17-12-22-26(19(27)18(17)21)13-16-6-4-3-5-7-16/h3-7,12H,8-11,13H2,1-2H3. The molecule has 28 heavy (non-hydrogen) atoms. The molecule has 0 aliphatic carbocycles. The van der Waals surface area contributed by atoms with E-state index in [1.54, 1.807) is 17.5 Å². The minimum absolute atomic E-state index is 0.236. The van der Waals surface area contributed by atoms with Crippen molar-refractivity contribution in [1.29, 1.82) is 0 Å². The molecule has 0 atom stereocenters. The fourth-order valence-electron chi connectivity index (χ4n) is 3.28. The molecular formula is C20H22ClN5OS. The molecule has 0 bridgehead atoms. The van der Waals surface area contributed by atoms with Gasteiger partial charge in [0.25, 0.3) is 5.56 Å². The fraction of sp³-hybridized carbons (Fsp3) is 0.350. The van der Waals surface area contributed by atoms with Gasteiger partial charge in [-0.1, -0.05) is 41.9 Å². The van der Waals surface area contributed by atoms with E-state index in [2.05, 4.69) is 26.8 Å². The van der Waals surface area contributed by atoms with Crippen molar-refractivity contribution in [3.63, 3.8) is 0 Å². The number of benzene rings is 1. The van der Waals surface area contributed by atoms with Crippen LogP contribution in [0.15, 0.2) is 41.3 Å². The number of aromatic nitrogens is 3. The molecule has 2 aromatic heterocycles. The summed E-state index contributed by atoms with van der Waals surface area (Å²) in [4.78, 5) is 23.0. The summed E-state index contributed by atoms with van der Waals surface area (Å²) in [5, 5.41) is 5.66. The number of piperazine rings is 1. The summed E-state index contributed by atoms with van der Waals surface area (Å²) < 4.78 is 1.42. The second-order valence-corrected chi connectivity index (χ2v) is 8.46. The van der Waals surface area contributed by atoms with Crippen molar-refractivity contribution in [3.05, 3.63) is 68.0 Å². The van der Waals surface area contributed by atoms with E-state index in [-0.39, 0.29) is 10.6 Å². The minimum atomic E-state index is -0.253. The van der Waals surface area contributed by atoms with Gasteiger partial charge in [-0.3, -0.25) is 4.79 Å². The largest absolute Gasteiger partial charge is 0.365 e. The van der Waals surface area contributed by atoms with Gasteiger partial charge in [-0.05, 0) is 19.4 Å². The topological polar surface area (TPSA) is 54.3 Å². The van der Waals surface area contributed by atoms with E-state index in [1.807, 2.05) is 37.3 Å². The van der Waals surface area contributed by atoms with Crippen LogP contribution in [-0.4, -0.2) is 40.9 Å². The molecule has 3 aromatic rings. The molecule has 6 nitrogen and oxygen atoms in total. The monoisotopic (exact) mass is 415 g/mol. The Morgan fingerprint density at radius 2 is 1.75 bits per heavy atom. The number of anilines is 2. The van der Waals surface area contributed by atoms with Gasteiger partial charge >= 0.3 is 0 Å². The number of hydrogen-bond acceptors (Lipinski definition) is 6. The predicted molar refractivity (Wildman–Crippen MR) is 115 cm³/mol. The van der Waals surface area contributed by atoms with Gasteiger partial charge in [0.15, 0.2) is 5.13 Å². The molecule has 0 unspecified atom stereocenters. The molecule has 0 N–H and O–H groups in total. The first kappa shape index (κ1) is 19.0. The molecule has 1 aromatic carbocycles. The number of hydrogen-bond donors (Lipinski definition) is 0. The van der Waals surface area contributed by atoms with E-state index in [1.165, 1.54) is 9.56 Å². The quantitative estimate of drug-likeness (QED) is 0.654. The zero-order valence-corrected chi connectivity index (χ0v) is 17.5. The van der Waals surface area contributed by atoms with Crippen LogP contribution in [0.1, 0.15) is 16.1 Å². The zero-order chi connectivity index (χ0) is 19.7. The number of rotatable bonds is 4. The van der Waals surface area contributed by atoms with Crippen LogP contribution < -0.4 is 15.4 Å². The lowest BCUT2D eigenvalue weighted by atomic mass is 10.2. The summed E-state index contributed by atoms with van der Waals surface area (Å²) in [6.45, 7) is 7.80. The van der Waals surface area contributed by atoms with Crippen molar-refractivity contribution in [2.45, 2.75) is 20.4 Å². The molecular weight excluding hydrogens is 394 g/mol. The van der Waals surface area contributed by atoms with E-state index in [4.69, 9.17) is 11.6 Å². The Balaban J connectivity index is 1.48. The Morgan fingerprint density at radius 1 is 1.07 bits per heavy atom. The van der Waals surface area contributed by atoms with E-state index >= 15 is 0 Å². The van der Waals surface area contributed by atoms with Gasteiger partial charge in [0, 0.05) is 31.1 Å². The van der Waals surface area contributed by atoms with Gasteiger partial charge in [0.2, 0.25) is 0 Å². The summed E-state index contributed by atoms with van der Waals surface area (Å²) in [6.07, 6.45) is 1.71. The van der Waals surface area contributed by atoms with Crippen LogP contribution in [0.4, 0.5) is 10.8 Å². The summed E-state index contributed by atoms with van der Waals surface area (Å²) in [5.41, 5.74) is 2.57. The molecule has 3 heterocycles. The maximum absolute atomic E-state index is 12.7. The summed E-state index contributed by atoms with van der Waals surface area (Å²) in [7, 11) is 0. The van der Waals surface area contributed by atoms with Crippen molar-refractivity contribution in [3.8, 4) is 0 Å². The Kier molecular flexibility index (Phi) is 5.37. The third-order valence-corrected chi connectivity index (χ3v) is 6.54. The molecule has 1 aliphatic heterocycles. The van der Waals surface area contributed by atoms with Crippen LogP contribution in [-0.2, 0) is 6.54 Å². The van der Waals surface area contributed by atoms with E-state index in [0.717, 1.165) is 42.6 Å². The first-order chi connectivity index (χ1) is 13.5. The maximum atomic E-state index is 12.7. The highest BCUT2D eigenvalue weighted by Crippen LogP contribution is 2.28. The normalized spacial score (nSPS) is 14.5. The SMILES string of the molecule is Cc1nc(N2CCN(c3cnn(Cc4ccccc4)c(=O)c3Cl)CC2)sc1C. The third kappa shape index (κ3) is 3.77. The molecule has 0 saturated carbocycles. The highest BCUT2D eigenvalue weighted by Gasteiger charge is 2.23. The molecule has 1 saturated heterocycles. The molecule has 146 valence electrons. The molecule has 1 fully saturated rings. The lowest BCUT2D eigenvalue weighted by Crippen LogP contribution is -2.47. The van der Waals surface area contributed by atoms with Crippen molar-refractivity contribution >= 4 is 33.8 Å². The maximum Gasteiger partial charge on any atom is 0.287 e. The highest BCUT2D eigenvalue weighted by atomic mass is 35.5. The van der Waals surface area contributed by atoms with Crippen LogP contribution in [0.3, 0.4) is 0 Å². The van der Waals surface area contributed by atoms with Gasteiger partial charge in [-0.15, -0.1) is 11.3 Å². The Bertz CT molecular complexity index is 1010. The van der Waals surface area contributed by atoms with E-state index in [0.29, 0.717) is 12.2 Å². The third-order valence-electron chi connectivity index (χ3n) is 5.05. The zero-order valence-electron chi connectivity index (χ0n) is 15.9. The van der Waals surface area contributed by atoms with Crippen molar-refractivity contribution in [2.24, 2.45) is 0 Å². The number of aryl methyl sites for hydroxylation is 2. The molecule has 0 radical (unpaired) electrons. The van der Waals surface area contributed by atoms with Gasteiger partial charge < -0.3 is 9.80 Å². The van der Waals surface area contributed by atoms with Gasteiger partial charge in [-0.2, -0.15) is 5.10 Å². The average Bonchev–Trinajstić information content (AvgIpc) is 3.05. The van der Waals surface area contributed by atoms with Crippen LogP contribution in [0.5, 0.6) is 0 Å². The molecule has 0 amide bonds. The number of thiazole rings is 1. The Labute approximate surface area is 173 Å².